The number of hydrazone groups is 1. The van der Waals surface area contributed by atoms with Crippen LogP contribution in [0, 0.1) is 10.1 Å². The number of imidazole rings is 1. The number of rotatable bonds is 6. The van der Waals surface area contributed by atoms with Crippen molar-refractivity contribution in [1.29, 1.82) is 0 Å². The molecule has 0 amide bonds. The summed E-state index contributed by atoms with van der Waals surface area (Å²) in [5, 5.41) is 14.9. The number of anilines is 1. The van der Waals surface area contributed by atoms with E-state index >= 15 is 0 Å². The monoisotopic (exact) mass is 383 g/mol. The molecule has 28 heavy (non-hydrogen) atoms. The van der Waals surface area contributed by atoms with Gasteiger partial charge in [0.05, 0.1) is 11.1 Å². The van der Waals surface area contributed by atoms with Crippen LogP contribution in [0.25, 0.3) is 11.2 Å². The second-order valence-corrected chi connectivity index (χ2v) is 6.19. The van der Waals surface area contributed by atoms with Gasteiger partial charge >= 0.3 is 5.69 Å². The van der Waals surface area contributed by atoms with Gasteiger partial charge in [0.25, 0.3) is 11.2 Å². The fourth-order valence-electron chi connectivity index (χ4n) is 2.63. The van der Waals surface area contributed by atoms with Gasteiger partial charge in [0.1, 0.15) is 0 Å². The van der Waals surface area contributed by atoms with E-state index in [-0.39, 0.29) is 29.3 Å². The topological polar surface area (TPSA) is 140 Å². The molecule has 0 fully saturated rings. The highest BCUT2D eigenvalue weighted by Crippen LogP contribution is 2.17. The van der Waals surface area contributed by atoms with E-state index in [9.17, 15) is 19.7 Å². The lowest BCUT2D eigenvalue weighted by atomic mass is 10.2. The third kappa shape index (κ3) is 3.58. The summed E-state index contributed by atoms with van der Waals surface area (Å²) >= 11 is 0. The minimum absolute atomic E-state index is 0.0556. The van der Waals surface area contributed by atoms with Crippen molar-refractivity contribution in [1.82, 2.24) is 19.1 Å². The molecular weight excluding hydrogens is 366 g/mol. The van der Waals surface area contributed by atoms with Crippen molar-refractivity contribution >= 4 is 29.0 Å². The molecule has 2 aromatic heterocycles. The molecule has 0 radical (unpaired) electrons. The molecule has 144 valence electrons. The molecule has 0 spiro atoms. The number of non-ortho nitro benzene ring substituents is 1. The third-order valence-corrected chi connectivity index (χ3v) is 3.89. The maximum absolute atomic E-state index is 12.3. The summed E-state index contributed by atoms with van der Waals surface area (Å²) in [4.78, 5) is 41.0. The number of nitrogens with zero attached hydrogens (tertiary/aromatic N) is 5. The molecule has 3 aromatic rings. The van der Waals surface area contributed by atoms with Gasteiger partial charge in [-0.05, 0) is 6.92 Å². The maximum atomic E-state index is 12.3. The first-order chi connectivity index (χ1) is 13.3. The molecule has 0 bridgehead atoms. The van der Waals surface area contributed by atoms with E-state index in [1.54, 1.807) is 23.6 Å². The highest BCUT2D eigenvalue weighted by Gasteiger charge is 2.17. The largest absolute Gasteiger partial charge is 0.329 e. The van der Waals surface area contributed by atoms with Crippen molar-refractivity contribution in [2.75, 3.05) is 5.43 Å². The lowest BCUT2D eigenvalue weighted by Crippen LogP contribution is -2.29. The Balaban J connectivity index is 2.02. The number of aryl methyl sites for hydroxylation is 1. The molecule has 2 N–H and O–H groups in total. The highest BCUT2D eigenvalue weighted by molar-refractivity contribution is 5.81. The zero-order valence-electron chi connectivity index (χ0n) is 15.2. The molecule has 3 rings (SSSR count). The molecule has 0 atom stereocenters. The van der Waals surface area contributed by atoms with Crippen LogP contribution in [0.15, 0.2) is 51.1 Å². The lowest BCUT2D eigenvalue weighted by molar-refractivity contribution is -0.384. The second-order valence-electron chi connectivity index (χ2n) is 6.19. The molecular formula is C17H17N7O4. The summed E-state index contributed by atoms with van der Waals surface area (Å²) in [5.41, 5.74) is 3.19. The van der Waals surface area contributed by atoms with Crippen LogP contribution >= 0.6 is 0 Å². The molecule has 0 saturated carbocycles. The molecule has 0 unspecified atom stereocenters. The average molecular weight is 383 g/mol. The summed E-state index contributed by atoms with van der Waals surface area (Å²) in [6, 6.07) is 5.95. The number of aromatic nitrogens is 4. The first-order valence-corrected chi connectivity index (χ1v) is 8.15. The maximum Gasteiger partial charge on any atom is 0.329 e. The summed E-state index contributed by atoms with van der Waals surface area (Å²) in [7, 11) is 1.49. The average Bonchev–Trinajstić information content (AvgIpc) is 2.98. The lowest BCUT2D eigenvalue weighted by Gasteiger charge is -2.07. The Morgan fingerprint density at radius 1 is 1.46 bits per heavy atom. The van der Waals surface area contributed by atoms with E-state index in [1.165, 1.54) is 30.0 Å². The predicted molar refractivity (Wildman–Crippen MR) is 105 cm³/mol. The smallest absolute Gasteiger partial charge is 0.299 e. The Hall–Kier alpha value is -4.02. The number of hydrogen-bond donors (Lipinski definition) is 2. The number of hydrogen-bond acceptors (Lipinski definition) is 7. The van der Waals surface area contributed by atoms with Gasteiger partial charge < -0.3 is 0 Å². The van der Waals surface area contributed by atoms with Gasteiger partial charge in [-0.2, -0.15) is 10.1 Å². The molecule has 2 heterocycles. The third-order valence-electron chi connectivity index (χ3n) is 3.89. The van der Waals surface area contributed by atoms with Crippen molar-refractivity contribution in [2.24, 2.45) is 12.1 Å². The number of fused-ring (bicyclic) bond motifs is 1. The minimum atomic E-state index is -0.580. The number of H-pyrrole nitrogens is 1. The van der Waals surface area contributed by atoms with Crippen molar-refractivity contribution in [2.45, 2.75) is 13.5 Å². The van der Waals surface area contributed by atoms with Crippen LogP contribution in [0.1, 0.15) is 12.5 Å². The molecule has 0 aliphatic rings. The number of nitro benzene ring substituents is 1. The van der Waals surface area contributed by atoms with Crippen molar-refractivity contribution in [3.05, 3.63) is 72.9 Å². The number of nitrogens with one attached hydrogen (secondary N) is 2. The summed E-state index contributed by atoms with van der Waals surface area (Å²) in [5.74, 6) is 0.228. The Morgan fingerprint density at radius 2 is 2.21 bits per heavy atom. The number of nitro groups is 1. The van der Waals surface area contributed by atoms with Crippen molar-refractivity contribution in [3.63, 3.8) is 0 Å². The van der Waals surface area contributed by atoms with E-state index < -0.39 is 16.2 Å². The van der Waals surface area contributed by atoms with Gasteiger partial charge in [-0.1, -0.05) is 24.3 Å². The number of benzene rings is 1. The standard InChI is InChI=1S/C17H17N7O4/c1-10(2)9-23-13-14(22(3)17(26)20-15(13)25)19-16(23)21-18-8-11-5-4-6-12(7-11)24(27)28/h4-8H,1,9H2,2-3H3,(H,19,21)(H,20,25,26)/b18-8+. The van der Waals surface area contributed by atoms with Crippen LogP contribution in [0.2, 0.25) is 0 Å². The van der Waals surface area contributed by atoms with E-state index in [2.05, 4.69) is 27.1 Å². The first-order valence-electron chi connectivity index (χ1n) is 8.15. The highest BCUT2D eigenvalue weighted by atomic mass is 16.6. The SMILES string of the molecule is C=C(C)Cn1c(N/N=C/c2cccc([N+](=O)[O-])c2)nc2c1c(=O)[nH]c(=O)n2C. The Kier molecular flexibility index (Phi) is 4.90. The summed E-state index contributed by atoms with van der Waals surface area (Å²) in [6.45, 7) is 5.92. The van der Waals surface area contributed by atoms with Crippen molar-refractivity contribution in [3.8, 4) is 0 Å². The fraction of sp³-hybridized carbons (Fsp3) is 0.176. The Bertz CT molecular complexity index is 1230. The van der Waals surface area contributed by atoms with E-state index in [4.69, 9.17) is 0 Å². The second kappa shape index (κ2) is 7.31. The Morgan fingerprint density at radius 3 is 2.89 bits per heavy atom. The molecule has 1 aromatic carbocycles. The van der Waals surface area contributed by atoms with Crippen molar-refractivity contribution < 1.29 is 4.92 Å². The predicted octanol–water partition coefficient (Wildman–Crippen LogP) is 1.35. The van der Waals surface area contributed by atoms with E-state index in [1.807, 2.05) is 0 Å². The molecule has 0 aliphatic carbocycles. The van der Waals surface area contributed by atoms with Gasteiger partial charge in [-0.15, -0.1) is 0 Å². The van der Waals surface area contributed by atoms with Gasteiger partial charge in [-0.25, -0.2) is 10.2 Å². The van der Waals surface area contributed by atoms with Crippen LogP contribution in [0.4, 0.5) is 11.6 Å². The zero-order valence-corrected chi connectivity index (χ0v) is 15.2. The van der Waals surface area contributed by atoms with Crippen LogP contribution in [0.3, 0.4) is 0 Å². The molecule has 0 aliphatic heterocycles. The van der Waals surface area contributed by atoms with Gasteiger partial charge in [0.2, 0.25) is 5.95 Å². The van der Waals surface area contributed by atoms with Crippen LogP contribution in [-0.4, -0.2) is 30.2 Å². The molecule has 0 saturated heterocycles. The van der Waals surface area contributed by atoms with Crippen LogP contribution in [0.5, 0.6) is 0 Å². The fourth-order valence-corrected chi connectivity index (χ4v) is 2.63. The van der Waals surface area contributed by atoms with Gasteiger partial charge in [-0.3, -0.25) is 29.0 Å². The van der Waals surface area contributed by atoms with E-state index in [0.29, 0.717) is 5.56 Å². The zero-order chi connectivity index (χ0) is 20.4. The quantitative estimate of drug-likeness (QED) is 0.285. The van der Waals surface area contributed by atoms with Crippen LogP contribution < -0.4 is 16.7 Å². The normalized spacial score (nSPS) is 11.2. The summed E-state index contributed by atoms with van der Waals surface area (Å²) in [6.07, 6.45) is 1.39. The minimum Gasteiger partial charge on any atom is -0.299 e. The van der Waals surface area contributed by atoms with Gasteiger partial charge in [0, 0.05) is 31.3 Å². The number of allylic oxidation sites excluding steroid dienone is 1. The summed E-state index contributed by atoms with van der Waals surface area (Å²) < 4.78 is 2.78. The molecule has 11 nitrogen and oxygen atoms in total. The molecule has 11 heteroatoms. The van der Waals surface area contributed by atoms with E-state index in [0.717, 1.165) is 5.57 Å². The van der Waals surface area contributed by atoms with Crippen LogP contribution in [-0.2, 0) is 13.6 Å². The Labute approximate surface area is 157 Å². The van der Waals surface area contributed by atoms with Gasteiger partial charge in [0.15, 0.2) is 11.2 Å². The number of aromatic amines is 1. The first kappa shape index (κ1) is 18.8.